The number of aliphatic carboxylic acids is 1. The van der Waals surface area contributed by atoms with E-state index in [-0.39, 0.29) is 6.61 Å². The monoisotopic (exact) mass is 197 g/mol. The van der Waals surface area contributed by atoms with Gasteiger partial charge in [-0.3, -0.25) is 5.50 Å². The van der Waals surface area contributed by atoms with Gasteiger partial charge in [0.15, 0.2) is 0 Å². The lowest BCUT2D eigenvalue weighted by Gasteiger charge is -2.05. The van der Waals surface area contributed by atoms with Gasteiger partial charge in [-0.05, 0) is 11.8 Å². The van der Waals surface area contributed by atoms with Crippen molar-refractivity contribution in [1.29, 1.82) is 0 Å². The molecule has 0 rings (SSSR count). The predicted octanol–water partition coefficient (Wildman–Crippen LogP) is -0.181. The van der Waals surface area contributed by atoms with Crippen LogP contribution in [0.4, 0.5) is 0 Å². The summed E-state index contributed by atoms with van der Waals surface area (Å²) in [6.07, 6.45) is 2.08. The van der Waals surface area contributed by atoms with Gasteiger partial charge in [0.1, 0.15) is 0 Å². The number of nitrogens with two attached hydrogens (primary N) is 1. The van der Waals surface area contributed by atoms with Gasteiger partial charge in [-0.15, -0.1) is 0 Å². The summed E-state index contributed by atoms with van der Waals surface area (Å²) in [4.78, 5) is 18.6. The second-order valence-electron chi connectivity index (χ2n) is 1.60. The van der Waals surface area contributed by atoms with Crippen LogP contribution in [0.5, 0.6) is 0 Å². The first-order valence-electron chi connectivity index (χ1n) is 2.57. The SMILES string of the molecule is NP(O)(=S)OCC=CC(=O)O. The van der Waals surface area contributed by atoms with Crippen LogP contribution in [0.1, 0.15) is 0 Å². The van der Waals surface area contributed by atoms with Crippen molar-refractivity contribution in [3.8, 4) is 0 Å². The zero-order chi connectivity index (χ0) is 8.91. The van der Waals surface area contributed by atoms with Gasteiger partial charge in [0, 0.05) is 6.08 Å². The maximum absolute atomic E-state index is 9.87. The molecule has 0 aliphatic rings. The molecule has 0 saturated carbocycles. The minimum atomic E-state index is -3.14. The van der Waals surface area contributed by atoms with Crippen molar-refractivity contribution in [2.75, 3.05) is 6.61 Å². The second-order valence-corrected chi connectivity index (χ2v) is 4.56. The van der Waals surface area contributed by atoms with Crippen molar-refractivity contribution >= 4 is 24.4 Å². The highest BCUT2D eigenvalue weighted by molar-refractivity contribution is 8.08. The standard InChI is InChI=1S/C4H8NO4PS/c5-10(8,11)9-3-1-2-4(6)7/h1-2H,3H2,(H,6,7)(H3,5,8,11). The number of hydrogen-bond donors (Lipinski definition) is 3. The second kappa shape index (κ2) is 4.58. The van der Waals surface area contributed by atoms with Crippen LogP contribution in [-0.2, 0) is 21.1 Å². The molecule has 0 fully saturated rings. The molecule has 0 heterocycles. The van der Waals surface area contributed by atoms with Crippen LogP contribution in [0, 0.1) is 0 Å². The molecule has 0 aliphatic carbocycles. The number of carboxylic acids is 1. The summed E-state index contributed by atoms with van der Waals surface area (Å²) in [5.74, 6) is -1.09. The molecule has 11 heavy (non-hydrogen) atoms. The van der Waals surface area contributed by atoms with Gasteiger partial charge in [0.2, 0.25) is 0 Å². The lowest BCUT2D eigenvalue weighted by molar-refractivity contribution is -0.131. The Kier molecular flexibility index (Phi) is 4.48. The van der Waals surface area contributed by atoms with E-state index < -0.39 is 12.6 Å². The van der Waals surface area contributed by atoms with Crippen molar-refractivity contribution in [3.05, 3.63) is 12.2 Å². The van der Waals surface area contributed by atoms with Crippen molar-refractivity contribution in [3.63, 3.8) is 0 Å². The van der Waals surface area contributed by atoms with E-state index in [9.17, 15) is 4.79 Å². The number of carboxylic acid groups (broad SMARTS) is 1. The summed E-state index contributed by atoms with van der Waals surface area (Å²) < 4.78 is 4.49. The molecule has 0 aromatic carbocycles. The van der Waals surface area contributed by atoms with Crippen LogP contribution in [0.25, 0.3) is 0 Å². The first kappa shape index (κ1) is 10.7. The van der Waals surface area contributed by atoms with E-state index in [1.807, 2.05) is 0 Å². The molecular formula is C4H8NO4PS. The fraction of sp³-hybridized carbons (Fsp3) is 0.250. The molecule has 0 spiro atoms. The van der Waals surface area contributed by atoms with E-state index in [4.69, 9.17) is 15.5 Å². The fourth-order valence-corrected chi connectivity index (χ4v) is 0.781. The molecule has 0 aromatic heterocycles. The summed E-state index contributed by atoms with van der Waals surface area (Å²) in [5.41, 5.74) is 4.93. The van der Waals surface area contributed by atoms with Gasteiger partial charge < -0.3 is 14.5 Å². The third kappa shape index (κ3) is 9.74. The molecule has 0 aliphatic heterocycles. The third-order valence-corrected chi connectivity index (χ3v) is 1.45. The normalized spacial score (nSPS) is 16.5. The molecule has 64 valence electrons. The maximum atomic E-state index is 9.87. The average molecular weight is 197 g/mol. The quantitative estimate of drug-likeness (QED) is 0.427. The highest BCUT2D eigenvalue weighted by Gasteiger charge is 2.02. The Bertz CT molecular complexity index is 210. The van der Waals surface area contributed by atoms with Crippen LogP contribution < -0.4 is 5.50 Å². The van der Waals surface area contributed by atoms with Crippen LogP contribution >= 0.6 is 6.64 Å². The van der Waals surface area contributed by atoms with Gasteiger partial charge >= 0.3 is 5.97 Å². The van der Waals surface area contributed by atoms with Crippen LogP contribution in [0.3, 0.4) is 0 Å². The molecule has 0 aromatic rings. The third-order valence-electron chi connectivity index (χ3n) is 0.616. The molecule has 5 nitrogen and oxygen atoms in total. The zero-order valence-electron chi connectivity index (χ0n) is 5.51. The largest absolute Gasteiger partial charge is 0.478 e. The maximum Gasteiger partial charge on any atom is 0.328 e. The van der Waals surface area contributed by atoms with E-state index in [1.165, 1.54) is 6.08 Å². The summed E-state index contributed by atoms with van der Waals surface area (Å²) >= 11 is 4.30. The van der Waals surface area contributed by atoms with E-state index in [2.05, 4.69) is 16.3 Å². The van der Waals surface area contributed by atoms with E-state index in [0.29, 0.717) is 0 Å². The molecule has 0 saturated heterocycles. The Balaban J connectivity index is 3.59. The molecular weight excluding hydrogens is 189 g/mol. The molecule has 1 atom stereocenters. The lowest BCUT2D eigenvalue weighted by atomic mass is 10.5. The van der Waals surface area contributed by atoms with Gasteiger partial charge in [-0.1, -0.05) is 6.08 Å². The summed E-state index contributed by atoms with van der Waals surface area (Å²) in [6, 6.07) is 0. The van der Waals surface area contributed by atoms with E-state index in [0.717, 1.165) is 6.08 Å². The smallest absolute Gasteiger partial charge is 0.328 e. The average Bonchev–Trinajstić information content (AvgIpc) is 1.78. The van der Waals surface area contributed by atoms with E-state index in [1.54, 1.807) is 0 Å². The minimum absolute atomic E-state index is 0.0867. The Morgan fingerprint density at radius 1 is 1.82 bits per heavy atom. The zero-order valence-corrected chi connectivity index (χ0v) is 7.22. The van der Waals surface area contributed by atoms with Gasteiger partial charge in [-0.25, -0.2) is 4.79 Å². The van der Waals surface area contributed by atoms with Crippen LogP contribution in [-0.4, -0.2) is 22.6 Å². The Hall–Kier alpha value is -0.260. The fourth-order valence-electron chi connectivity index (χ4n) is 0.299. The molecule has 1 unspecified atom stereocenters. The first-order valence-corrected chi connectivity index (χ1v) is 5.31. The summed E-state index contributed by atoms with van der Waals surface area (Å²) in [6.45, 7) is -3.22. The predicted molar refractivity (Wildman–Crippen MR) is 43.4 cm³/mol. The Morgan fingerprint density at radius 2 is 2.36 bits per heavy atom. The topological polar surface area (TPSA) is 92.8 Å². The minimum Gasteiger partial charge on any atom is -0.478 e. The lowest BCUT2D eigenvalue weighted by Crippen LogP contribution is -1.98. The van der Waals surface area contributed by atoms with Crippen molar-refractivity contribution in [2.45, 2.75) is 0 Å². The van der Waals surface area contributed by atoms with Gasteiger partial charge in [0.05, 0.1) is 6.61 Å². The highest BCUT2D eigenvalue weighted by Crippen LogP contribution is 2.30. The number of hydrogen-bond acceptors (Lipinski definition) is 3. The number of carbonyl (C=O) groups is 1. The van der Waals surface area contributed by atoms with Crippen molar-refractivity contribution in [1.82, 2.24) is 0 Å². The van der Waals surface area contributed by atoms with Gasteiger partial charge in [-0.2, -0.15) is 0 Å². The molecule has 4 N–H and O–H groups in total. The molecule has 7 heteroatoms. The van der Waals surface area contributed by atoms with Crippen LogP contribution in [0.2, 0.25) is 0 Å². The van der Waals surface area contributed by atoms with Crippen molar-refractivity contribution < 1.29 is 19.3 Å². The number of rotatable bonds is 4. The molecule has 0 radical (unpaired) electrons. The first-order chi connectivity index (χ1) is 4.92. The molecule has 0 bridgehead atoms. The molecule has 0 amide bonds. The Labute approximate surface area is 68.7 Å². The highest BCUT2D eigenvalue weighted by atomic mass is 32.5. The van der Waals surface area contributed by atoms with Gasteiger partial charge in [0.25, 0.3) is 6.64 Å². The van der Waals surface area contributed by atoms with E-state index >= 15 is 0 Å². The summed E-state index contributed by atoms with van der Waals surface area (Å²) in [7, 11) is 0. The summed E-state index contributed by atoms with van der Waals surface area (Å²) in [5, 5.41) is 8.09. The van der Waals surface area contributed by atoms with Crippen molar-refractivity contribution in [2.24, 2.45) is 5.50 Å². The Morgan fingerprint density at radius 3 is 2.73 bits per heavy atom. The van der Waals surface area contributed by atoms with Crippen LogP contribution in [0.15, 0.2) is 12.2 Å².